The fourth-order valence-electron chi connectivity index (χ4n) is 2.43. The van der Waals surface area contributed by atoms with Crippen LogP contribution in [0, 0.1) is 6.92 Å². The van der Waals surface area contributed by atoms with Crippen LogP contribution in [-0.4, -0.2) is 30.5 Å². The molecule has 0 unspecified atom stereocenters. The van der Waals surface area contributed by atoms with E-state index >= 15 is 0 Å². The first kappa shape index (κ1) is 17.6. The minimum Gasteiger partial charge on any atom is -0.305 e. The number of aryl methyl sites for hydroxylation is 2. The van der Waals surface area contributed by atoms with Gasteiger partial charge in [-0.25, -0.2) is 4.68 Å². The predicted molar refractivity (Wildman–Crippen MR) is 86.5 cm³/mol. The van der Waals surface area contributed by atoms with E-state index in [1.165, 1.54) is 7.05 Å². The number of aromatic nitrogens is 5. The summed E-state index contributed by atoms with van der Waals surface area (Å²) in [5, 5.41) is 10.2. The zero-order chi connectivity index (χ0) is 18.9. The molecule has 1 amide bonds. The molecule has 0 aliphatic heterocycles. The Bertz CT molecular complexity index is 929. The third-order valence-electron chi connectivity index (χ3n) is 3.63. The van der Waals surface area contributed by atoms with E-state index < -0.39 is 17.8 Å². The van der Waals surface area contributed by atoms with Crippen molar-refractivity contribution in [3.8, 4) is 0 Å². The molecule has 10 heteroatoms. The number of nitrogens with one attached hydrogen (secondary N) is 1. The molecule has 3 aromatic rings. The van der Waals surface area contributed by atoms with E-state index in [1.807, 2.05) is 0 Å². The van der Waals surface area contributed by atoms with Crippen LogP contribution in [0.4, 0.5) is 19.0 Å². The normalized spacial score (nSPS) is 11.6. The zero-order valence-electron chi connectivity index (χ0n) is 13.9. The Morgan fingerprint density at radius 2 is 1.88 bits per heavy atom. The maximum Gasteiger partial charge on any atom is 0.435 e. The molecule has 0 bridgehead atoms. The average Bonchev–Trinajstić information content (AvgIpc) is 3.11. The van der Waals surface area contributed by atoms with Crippen LogP contribution in [0.5, 0.6) is 0 Å². The predicted octanol–water partition coefficient (Wildman–Crippen LogP) is 2.64. The molecule has 0 aromatic carbocycles. The van der Waals surface area contributed by atoms with E-state index in [0.717, 1.165) is 10.2 Å². The Labute approximate surface area is 146 Å². The Balaban J connectivity index is 1.83. The highest BCUT2D eigenvalue weighted by Crippen LogP contribution is 2.28. The standard InChI is InChI=1S/C16H15F3N6O/c1-10-7-14(25(22-10)9-11-3-5-20-6-4-11)21-15(26)12-8-13(16(17,18)19)23-24(12)2/h3-8H,9H2,1-2H3,(H,21,26). The Morgan fingerprint density at radius 3 is 2.50 bits per heavy atom. The second-order valence-corrected chi connectivity index (χ2v) is 5.67. The van der Waals surface area contributed by atoms with Crippen molar-refractivity contribution in [1.82, 2.24) is 24.5 Å². The van der Waals surface area contributed by atoms with Crippen LogP contribution in [0.3, 0.4) is 0 Å². The van der Waals surface area contributed by atoms with Crippen molar-refractivity contribution < 1.29 is 18.0 Å². The molecule has 26 heavy (non-hydrogen) atoms. The van der Waals surface area contributed by atoms with Crippen molar-refractivity contribution in [3.63, 3.8) is 0 Å². The molecule has 0 radical (unpaired) electrons. The summed E-state index contributed by atoms with van der Waals surface area (Å²) in [6, 6.07) is 5.96. The lowest BCUT2D eigenvalue weighted by Gasteiger charge is -2.09. The van der Waals surface area contributed by atoms with Crippen molar-refractivity contribution in [1.29, 1.82) is 0 Å². The van der Waals surface area contributed by atoms with Crippen LogP contribution in [0.1, 0.15) is 27.4 Å². The summed E-state index contributed by atoms with van der Waals surface area (Å²) in [5.41, 5.74) is 0.257. The molecule has 3 heterocycles. The number of pyridine rings is 1. The lowest BCUT2D eigenvalue weighted by molar-refractivity contribution is -0.141. The van der Waals surface area contributed by atoms with Gasteiger partial charge in [-0.15, -0.1) is 0 Å². The number of amides is 1. The SMILES string of the molecule is Cc1cc(NC(=O)c2cc(C(F)(F)F)nn2C)n(Cc2ccncc2)n1. The summed E-state index contributed by atoms with van der Waals surface area (Å²) in [4.78, 5) is 16.3. The number of nitrogens with zero attached hydrogens (tertiary/aromatic N) is 5. The molecule has 136 valence electrons. The largest absolute Gasteiger partial charge is 0.435 e. The van der Waals surface area contributed by atoms with Crippen molar-refractivity contribution in [2.45, 2.75) is 19.6 Å². The molecule has 0 atom stereocenters. The number of rotatable bonds is 4. The molecular weight excluding hydrogens is 349 g/mol. The van der Waals surface area contributed by atoms with Crippen LogP contribution in [0.2, 0.25) is 0 Å². The molecule has 0 aliphatic carbocycles. The summed E-state index contributed by atoms with van der Waals surface area (Å²) in [7, 11) is 1.28. The third-order valence-corrected chi connectivity index (χ3v) is 3.63. The molecular formula is C16H15F3N6O. The van der Waals surface area contributed by atoms with E-state index in [2.05, 4.69) is 20.5 Å². The highest BCUT2D eigenvalue weighted by molar-refractivity contribution is 6.02. The Morgan fingerprint density at radius 1 is 1.19 bits per heavy atom. The fraction of sp³-hybridized carbons (Fsp3) is 0.250. The molecule has 0 saturated carbocycles. The van der Waals surface area contributed by atoms with Gasteiger partial charge in [0.2, 0.25) is 0 Å². The number of alkyl halides is 3. The van der Waals surface area contributed by atoms with E-state index in [9.17, 15) is 18.0 Å². The summed E-state index contributed by atoms with van der Waals surface area (Å²) >= 11 is 0. The smallest absolute Gasteiger partial charge is 0.305 e. The van der Waals surface area contributed by atoms with Gasteiger partial charge < -0.3 is 5.32 Å². The van der Waals surface area contributed by atoms with Gasteiger partial charge >= 0.3 is 6.18 Å². The van der Waals surface area contributed by atoms with Gasteiger partial charge in [0.1, 0.15) is 11.5 Å². The first-order valence-electron chi connectivity index (χ1n) is 7.60. The third kappa shape index (κ3) is 3.73. The summed E-state index contributed by atoms with van der Waals surface area (Å²) in [5.74, 6) is -0.328. The summed E-state index contributed by atoms with van der Waals surface area (Å²) in [6.45, 7) is 2.13. The van der Waals surface area contributed by atoms with Crippen LogP contribution >= 0.6 is 0 Å². The van der Waals surface area contributed by atoms with Crippen molar-refractivity contribution in [3.05, 3.63) is 59.3 Å². The van der Waals surface area contributed by atoms with Gasteiger partial charge in [-0.1, -0.05) is 0 Å². The van der Waals surface area contributed by atoms with Gasteiger partial charge in [0.15, 0.2) is 5.69 Å². The fourth-order valence-corrected chi connectivity index (χ4v) is 2.43. The van der Waals surface area contributed by atoms with Gasteiger partial charge in [-0.2, -0.15) is 23.4 Å². The molecule has 0 fully saturated rings. The Kier molecular flexibility index (Phi) is 4.49. The number of hydrogen-bond donors (Lipinski definition) is 1. The molecule has 0 spiro atoms. The number of carbonyl (C=O) groups excluding carboxylic acids is 1. The molecule has 1 N–H and O–H groups in total. The van der Waals surface area contributed by atoms with Crippen molar-refractivity contribution >= 4 is 11.7 Å². The second kappa shape index (κ2) is 6.62. The minimum atomic E-state index is -4.62. The lowest BCUT2D eigenvalue weighted by atomic mass is 10.3. The Hall–Kier alpha value is -3.17. The van der Waals surface area contributed by atoms with E-state index in [1.54, 1.807) is 42.2 Å². The topological polar surface area (TPSA) is 77.6 Å². The molecule has 0 saturated heterocycles. The summed E-state index contributed by atoms with van der Waals surface area (Å²) in [6.07, 6.45) is -1.34. The molecule has 3 rings (SSSR count). The van der Waals surface area contributed by atoms with Crippen LogP contribution < -0.4 is 5.32 Å². The average molecular weight is 364 g/mol. The first-order valence-corrected chi connectivity index (χ1v) is 7.60. The van der Waals surface area contributed by atoms with Gasteiger partial charge in [0, 0.05) is 31.6 Å². The highest BCUT2D eigenvalue weighted by Gasteiger charge is 2.35. The minimum absolute atomic E-state index is 0.202. The van der Waals surface area contributed by atoms with Crippen LogP contribution in [-0.2, 0) is 19.8 Å². The number of halogens is 3. The summed E-state index contributed by atoms with van der Waals surface area (Å²) < 4.78 is 40.7. The van der Waals surface area contributed by atoms with E-state index in [0.29, 0.717) is 24.1 Å². The first-order chi connectivity index (χ1) is 12.2. The number of carbonyl (C=O) groups is 1. The number of anilines is 1. The van der Waals surface area contributed by atoms with Gasteiger partial charge in [-0.3, -0.25) is 14.5 Å². The van der Waals surface area contributed by atoms with Crippen LogP contribution in [0.15, 0.2) is 36.7 Å². The quantitative estimate of drug-likeness (QED) is 0.772. The molecule has 3 aromatic heterocycles. The second-order valence-electron chi connectivity index (χ2n) is 5.67. The maximum atomic E-state index is 12.8. The van der Waals surface area contributed by atoms with Gasteiger partial charge in [-0.05, 0) is 24.6 Å². The monoisotopic (exact) mass is 364 g/mol. The highest BCUT2D eigenvalue weighted by atomic mass is 19.4. The zero-order valence-corrected chi connectivity index (χ0v) is 13.9. The van der Waals surface area contributed by atoms with Crippen molar-refractivity contribution in [2.75, 3.05) is 5.32 Å². The van der Waals surface area contributed by atoms with E-state index in [4.69, 9.17) is 0 Å². The number of hydrogen-bond acceptors (Lipinski definition) is 4. The maximum absolute atomic E-state index is 12.8. The van der Waals surface area contributed by atoms with Gasteiger partial charge in [0.05, 0.1) is 12.2 Å². The van der Waals surface area contributed by atoms with E-state index in [-0.39, 0.29) is 5.69 Å². The van der Waals surface area contributed by atoms with Crippen molar-refractivity contribution in [2.24, 2.45) is 7.05 Å². The van der Waals surface area contributed by atoms with Crippen LogP contribution in [0.25, 0.3) is 0 Å². The van der Waals surface area contributed by atoms with Gasteiger partial charge in [0.25, 0.3) is 5.91 Å². The molecule has 0 aliphatic rings. The lowest BCUT2D eigenvalue weighted by Crippen LogP contribution is -2.19. The molecule has 7 nitrogen and oxygen atoms in total.